The van der Waals surface area contributed by atoms with Gasteiger partial charge in [0.05, 0.1) is 0 Å². The van der Waals surface area contributed by atoms with E-state index in [4.69, 9.17) is 10.9 Å². The van der Waals surface area contributed by atoms with Crippen molar-refractivity contribution in [2.24, 2.45) is 16.0 Å². The molecular weight excluding hydrogens is 236 g/mol. The summed E-state index contributed by atoms with van der Waals surface area (Å²) in [5, 5.41) is 16.0. The number of aryl methyl sites for hydroxylation is 1. The number of hydrazone groups is 1. The molecule has 0 fully saturated rings. The van der Waals surface area contributed by atoms with Gasteiger partial charge in [-0.3, -0.25) is 5.43 Å². The van der Waals surface area contributed by atoms with Crippen molar-refractivity contribution in [2.45, 2.75) is 13.8 Å². The predicted octanol–water partition coefficient (Wildman–Crippen LogP) is 1.38. The van der Waals surface area contributed by atoms with Crippen molar-refractivity contribution >= 4 is 28.8 Å². The summed E-state index contributed by atoms with van der Waals surface area (Å²) in [4.78, 5) is 0. The first-order valence-corrected chi connectivity index (χ1v) is 5.34. The molecule has 0 atom stereocenters. The quantitative estimate of drug-likeness (QED) is 0.327. The largest absolute Gasteiger partial charge is 0.411 e. The Bertz CT molecular complexity index is 465. The standard InChI is InChI=1S/C11H14N4OS/c1-7-3-5-9(6-4-7)10(8(2)15-16)13-14-11(12)17/h3-6,16H,1-2H3,(H3,12,14,17). The lowest BCUT2D eigenvalue weighted by molar-refractivity contribution is 0.320. The van der Waals surface area contributed by atoms with Gasteiger partial charge in [-0.15, -0.1) is 0 Å². The number of hydrogen-bond acceptors (Lipinski definition) is 4. The molecular formula is C11H14N4OS. The van der Waals surface area contributed by atoms with E-state index < -0.39 is 0 Å². The molecule has 0 unspecified atom stereocenters. The van der Waals surface area contributed by atoms with Crippen LogP contribution in [0.25, 0.3) is 0 Å². The van der Waals surface area contributed by atoms with Crippen LogP contribution in [0.5, 0.6) is 0 Å². The number of nitrogens with one attached hydrogen (secondary N) is 1. The fourth-order valence-corrected chi connectivity index (χ4v) is 1.27. The summed E-state index contributed by atoms with van der Waals surface area (Å²) in [6.45, 7) is 3.63. The lowest BCUT2D eigenvalue weighted by Gasteiger charge is -2.06. The fraction of sp³-hybridized carbons (Fsp3) is 0.182. The van der Waals surface area contributed by atoms with Gasteiger partial charge >= 0.3 is 0 Å². The van der Waals surface area contributed by atoms with Crippen LogP contribution in [-0.4, -0.2) is 21.7 Å². The van der Waals surface area contributed by atoms with Gasteiger partial charge < -0.3 is 10.9 Å². The molecule has 0 heterocycles. The molecule has 0 radical (unpaired) electrons. The highest BCUT2D eigenvalue weighted by Gasteiger charge is 2.08. The van der Waals surface area contributed by atoms with E-state index in [9.17, 15) is 0 Å². The fourth-order valence-electron chi connectivity index (χ4n) is 1.22. The van der Waals surface area contributed by atoms with E-state index in [0.717, 1.165) is 11.1 Å². The van der Waals surface area contributed by atoms with Gasteiger partial charge in [-0.05, 0) is 26.1 Å². The van der Waals surface area contributed by atoms with Crippen LogP contribution < -0.4 is 11.2 Å². The lowest BCUT2D eigenvalue weighted by atomic mass is 10.1. The zero-order valence-corrected chi connectivity index (χ0v) is 10.5. The van der Waals surface area contributed by atoms with Gasteiger partial charge in [0.2, 0.25) is 0 Å². The Morgan fingerprint density at radius 3 is 2.41 bits per heavy atom. The summed E-state index contributed by atoms with van der Waals surface area (Å²) in [6.07, 6.45) is 0. The third-order valence-corrected chi connectivity index (χ3v) is 2.19. The van der Waals surface area contributed by atoms with E-state index in [1.807, 2.05) is 31.2 Å². The number of nitrogens with two attached hydrogens (primary N) is 1. The van der Waals surface area contributed by atoms with Crippen LogP contribution in [0.3, 0.4) is 0 Å². The van der Waals surface area contributed by atoms with Gasteiger partial charge in [0, 0.05) is 5.56 Å². The number of hydrogen-bond donors (Lipinski definition) is 3. The highest BCUT2D eigenvalue weighted by atomic mass is 32.1. The minimum atomic E-state index is 0.0559. The molecule has 0 spiro atoms. The molecule has 0 saturated heterocycles. The first kappa shape index (κ1) is 13.1. The molecule has 1 rings (SSSR count). The summed E-state index contributed by atoms with van der Waals surface area (Å²) in [6, 6.07) is 7.64. The van der Waals surface area contributed by atoms with E-state index in [0.29, 0.717) is 11.4 Å². The van der Waals surface area contributed by atoms with E-state index in [1.165, 1.54) is 0 Å². The van der Waals surface area contributed by atoms with Crippen molar-refractivity contribution in [3.05, 3.63) is 35.4 Å². The molecule has 0 aliphatic carbocycles. The number of benzene rings is 1. The normalized spacial score (nSPS) is 12.4. The zero-order chi connectivity index (χ0) is 12.8. The molecule has 0 aliphatic heterocycles. The van der Waals surface area contributed by atoms with Crippen LogP contribution in [0.15, 0.2) is 34.5 Å². The first-order valence-electron chi connectivity index (χ1n) is 4.93. The molecule has 0 amide bonds. The van der Waals surface area contributed by atoms with Gasteiger partial charge in [0.15, 0.2) is 5.11 Å². The van der Waals surface area contributed by atoms with Gasteiger partial charge in [-0.25, -0.2) is 0 Å². The third kappa shape index (κ3) is 3.84. The SMILES string of the molecule is CC(=NO)C(=NNC(N)=S)c1ccc(C)cc1. The summed E-state index contributed by atoms with van der Waals surface area (Å²) >= 11 is 4.66. The topological polar surface area (TPSA) is 83.0 Å². The molecule has 0 aromatic heterocycles. The molecule has 90 valence electrons. The van der Waals surface area contributed by atoms with Crippen LogP contribution in [0.4, 0.5) is 0 Å². The number of thiocarbonyl (C=S) groups is 1. The maximum atomic E-state index is 8.80. The van der Waals surface area contributed by atoms with E-state index in [2.05, 4.69) is 27.9 Å². The van der Waals surface area contributed by atoms with Crippen molar-refractivity contribution in [2.75, 3.05) is 0 Å². The van der Waals surface area contributed by atoms with Gasteiger partial charge in [-0.1, -0.05) is 35.0 Å². The van der Waals surface area contributed by atoms with Crippen molar-refractivity contribution in [1.29, 1.82) is 0 Å². The van der Waals surface area contributed by atoms with Crippen LogP contribution in [0, 0.1) is 6.92 Å². The Morgan fingerprint density at radius 1 is 1.35 bits per heavy atom. The predicted molar refractivity (Wildman–Crippen MR) is 72.5 cm³/mol. The number of rotatable bonds is 3. The summed E-state index contributed by atoms with van der Waals surface area (Å²) < 4.78 is 0. The van der Waals surface area contributed by atoms with Crippen molar-refractivity contribution in [1.82, 2.24) is 5.43 Å². The van der Waals surface area contributed by atoms with Crippen LogP contribution in [0.1, 0.15) is 18.1 Å². The Hall–Kier alpha value is -1.95. The zero-order valence-electron chi connectivity index (χ0n) is 9.64. The molecule has 5 nitrogen and oxygen atoms in total. The molecule has 1 aromatic rings. The second-order valence-corrected chi connectivity index (χ2v) is 3.93. The monoisotopic (exact) mass is 250 g/mol. The van der Waals surface area contributed by atoms with E-state index >= 15 is 0 Å². The Morgan fingerprint density at radius 2 is 1.94 bits per heavy atom. The Labute approximate surface area is 105 Å². The number of nitrogens with zero attached hydrogens (tertiary/aromatic N) is 2. The molecule has 1 aromatic carbocycles. The summed E-state index contributed by atoms with van der Waals surface area (Å²) in [7, 11) is 0. The van der Waals surface area contributed by atoms with Crippen molar-refractivity contribution < 1.29 is 5.21 Å². The number of oxime groups is 1. The highest BCUT2D eigenvalue weighted by molar-refractivity contribution is 7.80. The minimum absolute atomic E-state index is 0.0559. The maximum absolute atomic E-state index is 8.80. The molecule has 6 heteroatoms. The van der Waals surface area contributed by atoms with Gasteiger partial charge in [0.1, 0.15) is 11.4 Å². The minimum Gasteiger partial charge on any atom is -0.411 e. The molecule has 4 N–H and O–H groups in total. The second kappa shape index (κ2) is 5.95. The first-order chi connectivity index (χ1) is 8.04. The van der Waals surface area contributed by atoms with E-state index in [-0.39, 0.29) is 5.11 Å². The third-order valence-electron chi connectivity index (χ3n) is 2.10. The van der Waals surface area contributed by atoms with Crippen molar-refractivity contribution in [3.63, 3.8) is 0 Å². The van der Waals surface area contributed by atoms with Crippen LogP contribution >= 0.6 is 12.2 Å². The molecule has 17 heavy (non-hydrogen) atoms. The van der Waals surface area contributed by atoms with Gasteiger partial charge in [-0.2, -0.15) is 5.10 Å². The van der Waals surface area contributed by atoms with Crippen molar-refractivity contribution in [3.8, 4) is 0 Å². The summed E-state index contributed by atoms with van der Waals surface area (Å²) in [5.74, 6) is 0. The average molecular weight is 250 g/mol. The van der Waals surface area contributed by atoms with E-state index in [1.54, 1.807) is 6.92 Å². The maximum Gasteiger partial charge on any atom is 0.184 e. The van der Waals surface area contributed by atoms with Gasteiger partial charge in [0.25, 0.3) is 0 Å². The Kier molecular flexibility index (Phi) is 4.59. The molecule has 0 bridgehead atoms. The smallest absolute Gasteiger partial charge is 0.184 e. The van der Waals surface area contributed by atoms with Crippen LogP contribution in [0.2, 0.25) is 0 Å². The molecule has 0 aliphatic rings. The summed E-state index contributed by atoms with van der Waals surface area (Å²) in [5.41, 5.74) is 10.6. The van der Waals surface area contributed by atoms with Crippen LogP contribution in [-0.2, 0) is 0 Å². The highest BCUT2D eigenvalue weighted by Crippen LogP contribution is 2.06. The lowest BCUT2D eigenvalue weighted by Crippen LogP contribution is -2.27. The molecule has 0 saturated carbocycles. The second-order valence-electron chi connectivity index (χ2n) is 3.49. The average Bonchev–Trinajstić information content (AvgIpc) is 2.30. The Balaban J connectivity index is 3.10.